The van der Waals surface area contributed by atoms with Crippen molar-refractivity contribution in [2.75, 3.05) is 0 Å². The van der Waals surface area contributed by atoms with E-state index in [2.05, 4.69) is 0 Å². The number of phosphoric acid groups is 1. The van der Waals surface area contributed by atoms with Crippen molar-refractivity contribution < 1.29 is 36.3 Å². The van der Waals surface area contributed by atoms with Gasteiger partial charge in [0, 0.05) is 46.6 Å². The van der Waals surface area contributed by atoms with Crippen molar-refractivity contribution in [1.29, 1.82) is 0 Å². The second kappa shape index (κ2) is 5.76. The van der Waals surface area contributed by atoms with Crippen LogP contribution in [-0.2, 0) is 21.6 Å². The van der Waals surface area contributed by atoms with E-state index < -0.39 is 7.82 Å². The molecular formula is H3MnNaO4P. The molecule has 7 heavy (non-hydrogen) atoms. The average molecular weight is 176 g/mol. The average Bonchev–Trinajstić information content (AvgIpc) is 0.722. The quantitative estimate of drug-likeness (QED) is 0.316. The van der Waals surface area contributed by atoms with Gasteiger partial charge in [0.15, 0.2) is 0 Å². The summed E-state index contributed by atoms with van der Waals surface area (Å²) in [6.45, 7) is 0. The van der Waals surface area contributed by atoms with Crippen LogP contribution in [0.3, 0.4) is 0 Å². The largest absolute Gasteiger partial charge is 0.466 e. The van der Waals surface area contributed by atoms with Crippen LogP contribution in [0.1, 0.15) is 0 Å². The van der Waals surface area contributed by atoms with Crippen LogP contribution in [0.5, 0.6) is 0 Å². The molecule has 40 valence electrons. The zero-order valence-corrected chi connectivity index (χ0v) is 7.65. The van der Waals surface area contributed by atoms with Crippen LogP contribution in [0.4, 0.5) is 0 Å². The topological polar surface area (TPSA) is 77.8 Å². The Hall–Kier alpha value is 1.63. The molecule has 0 spiro atoms. The van der Waals surface area contributed by atoms with Crippen LogP contribution in [-0.4, -0.2) is 44.2 Å². The summed E-state index contributed by atoms with van der Waals surface area (Å²) in [5.41, 5.74) is 0. The maximum absolute atomic E-state index is 8.88. The standard InChI is InChI=1S/Mn.Na.H3O4P/c;;1-5(2,3)4/h;;(H3,1,2,3,4). The van der Waals surface area contributed by atoms with Crippen molar-refractivity contribution in [3.63, 3.8) is 0 Å². The molecule has 3 N–H and O–H groups in total. The van der Waals surface area contributed by atoms with Crippen molar-refractivity contribution >= 4 is 37.4 Å². The van der Waals surface area contributed by atoms with Crippen LogP contribution in [0, 0.1) is 0 Å². The van der Waals surface area contributed by atoms with Gasteiger partial charge < -0.3 is 14.7 Å². The second-order valence-electron chi connectivity index (χ2n) is 0.513. The van der Waals surface area contributed by atoms with Crippen LogP contribution < -0.4 is 0 Å². The van der Waals surface area contributed by atoms with Gasteiger partial charge >= 0.3 is 7.82 Å². The van der Waals surface area contributed by atoms with Gasteiger partial charge in [0.1, 0.15) is 0 Å². The van der Waals surface area contributed by atoms with E-state index in [-0.39, 0.29) is 46.6 Å². The fraction of sp³-hybridized carbons (Fsp3) is 0. The minimum atomic E-state index is -4.64. The maximum Gasteiger partial charge on any atom is 0.466 e. The molecule has 0 unspecified atom stereocenters. The molecule has 0 aliphatic carbocycles. The van der Waals surface area contributed by atoms with E-state index in [0.717, 1.165) is 0 Å². The fourth-order valence-electron chi connectivity index (χ4n) is 0. The van der Waals surface area contributed by atoms with E-state index >= 15 is 0 Å². The Balaban J connectivity index is -0.0000000800. The Bertz CT molecular complexity index is 57.8. The molecule has 0 atom stereocenters. The minimum Gasteiger partial charge on any atom is -0.303 e. The number of rotatable bonds is 0. The van der Waals surface area contributed by atoms with E-state index in [1.54, 1.807) is 0 Å². The number of hydrogen-bond acceptors (Lipinski definition) is 1. The smallest absolute Gasteiger partial charge is 0.303 e. The molecule has 0 saturated heterocycles. The first-order chi connectivity index (χ1) is 2.00. The van der Waals surface area contributed by atoms with Gasteiger partial charge in [-0.3, -0.25) is 0 Å². The summed E-state index contributed by atoms with van der Waals surface area (Å²) in [6, 6.07) is 0. The third-order valence-electron chi connectivity index (χ3n) is 0. The van der Waals surface area contributed by atoms with E-state index in [1.165, 1.54) is 0 Å². The van der Waals surface area contributed by atoms with E-state index in [1.807, 2.05) is 0 Å². The van der Waals surface area contributed by atoms with Crippen molar-refractivity contribution in [3.05, 3.63) is 0 Å². The monoisotopic (exact) mass is 176 g/mol. The molecule has 0 heterocycles. The second-order valence-corrected chi connectivity index (χ2v) is 1.54. The van der Waals surface area contributed by atoms with Gasteiger partial charge in [-0.15, -0.1) is 0 Å². The summed E-state index contributed by atoms with van der Waals surface area (Å²) < 4.78 is 8.88. The van der Waals surface area contributed by atoms with Gasteiger partial charge in [-0.2, -0.15) is 0 Å². The first kappa shape index (κ1) is 15.9. The zero-order valence-electron chi connectivity index (χ0n) is 3.58. The van der Waals surface area contributed by atoms with Crippen LogP contribution in [0.15, 0.2) is 0 Å². The van der Waals surface area contributed by atoms with E-state index in [9.17, 15) is 0 Å². The molecule has 0 amide bonds. The summed E-state index contributed by atoms with van der Waals surface area (Å²) >= 11 is 0. The Labute approximate surface area is 73.3 Å². The molecule has 0 aliphatic heterocycles. The molecule has 0 rings (SSSR count). The molecule has 0 aliphatic rings. The van der Waals surface area contributed by atoms with Crippen molar-refractivity contribution in [2.45, 2.75) is 0 Å². The minimum absolute atomic E-state index is 0. The summed E-state index contributed by atoms with van der Waals surface area (Å²) in [5.74, 6) is 0. The Morgan fingerprint density at radius 1 is 1.14 bits per heavy atom. The fourth-order valence-corrected chi connectivity index (χ4v) is 0. The molecular weight excluding hydrogens is 173 g/mol. The van der Waals surface area contributed by atoms with Crippen LogP contribution >= 0.6 is 7.82 Å². The maximum atomic E-state index is 8.88. The predicted molar refractivity (Wildman–Crippen MR) is 20.0 cm³/mol. The Morgan fingerprint density at radius 2 is 1.14 bits per heavy atom. The summed E-state index contributed by atoms with van der Waals surface area (Å²) in [7, 11) is -4.64. The molecule has 0 aromatic carbocycles. The zero-order chi connectivity index (χ0) is 4.50. The van der Waals surface area contributed by atoms with Crippen molar-refractivity contribution in [1.82, 2.24) is 0 Å². The first-order valence-electron chi connectivity index (χ1n) is 0.783. The normalized spacial score (nSPS) is 8.43. The first-order valence-corrected chi connectivity index (χ1v) is 2.35. The molecule has 4 nitrogen and oxygen atoms in total. The summed E-state index contributed by atoms with van der Waals surface area (Å²) in [6.07, 6.45) is 0. The van der Waals surface area contributed by atoms with Crippen LogP contribution in [0.25, 0.3) is 0 Å². The third-order valence-corrected chi connectivity index (χ3v) is 0. The molecule has 0 saturated carbocycles. The molecule has 0 bridgehead atoms. The van der Waals surface area contributed by atoms with Gasteiger partial charge in [0.05, 0.1) is 0 Å². The van der Waals surface area contributed by atoms with Crippen molar-refractivity contribution in [3.8, 4) is 0 Å². The van der Waals surface area contributed by atoms with Gasteiger partial charge in [-0.1, -0.05) is 0 Å². The number of hydrogen-bond donors (Lipinski definition) is 3. The molecule has 0 fully saturated rings. The van der Waals surface area contributed by atoms with Gasteiger partial charge in [0.25, 0.3) is 0 Å². The Morgan fingerprint density at radius 3 is 1.14 bits per heavy atom. The van der Waals surface area contributed by atoms with Gasteiger partial charge in [-0.25, -0.2) is 4.57 Å². The van der Waals surface area contributed by atoms with Gasteiger partial charge in [-0.05, 0) is 0 Å². The predicted octanol–water partition coefficient (Wildman–Crippen LogP) is -1.31. The third kappa shape index (κ3) is 91.1. The SMILES string of the molecule is O=P(O)(O)O.[Mn].[Na]. The molecule has 0 aromatic heterocycles. The summed E-state index contributed by atoms with van der Waals surface area (Å²) in [5, 5.41) is 0. The Kier molecular flexibility index (Phi) is 13.0. The van der Waals surface area contributed by atoms with Crippen LogP contribution in [0.2, 0.25) is 0 Å². The molecule has 2 radical (unpaired) electrons. The van der Waals surface area contributed by atoms with E-state index in [4.69, 9.17) is 19.2 Å². The van der Waals surface area contributed by atoms with E-state index in [0.29, 0.717) is 0 Å². The van der Waals surface area contributed by atoms with Gasteiger partial charge in [0.2, 0.25) is 0 Å². The summed E-state index contributed by atoms with van der Waals surface area (Å²) in [4.78, 5) is 21.6. The molecule has 7 heteroatoms. The van der Waals surface area contributed by atoms with Crippen molar-refractivity contribution in [2.24, 2.45) is 0 Å². The molecule has 0 aromatic rings.